The Labute approximate surface area is 113 Å². The average Bonchev–Trinajstić information content (AvgIpc) is 2.40. The molecule has 0 atom stereocenters. The zero-order chi connectivity index (χ0) is 13.1. The highest BCUT2D eigenvalue weighted by Gasteiger charge is 1.96. The van der Waals surface area contributed by atoms with Gasteiger partial charge in [0.05, 0.1) is 6.61 Å². The molecule has 0 aliphatic rings. The van der Waals surface area contributed by atoms with E-state index in [1.807, 2.05) is 0 Å². The van der Waals surface area contributed by atoms with Gasteiger partial charge in [-0.05, 0) is 37.0 Å². The molecule has 1 heteroatoms. The highest BCUT2D eigenvalue weighted by molar-refractivity contribution is 5.27. The van der Waals surface area contributed by atoms with Crippen molar-refractivity contribution in [2.75, 3.05) is 6.61 Å². The van der Waals surface area contributed by atoms with Crippen LogP contribution in [0, 0.1) is 0 Å². The van der Waals surface area contributed by atoms with E-state index in [1.165, 1.54) is 56.9 Å². The Bertz CT molecular complexity index is 289. The molecular formula is C17H28O. The fraction of sp³-hybridized carbons (Fsp3) is 0.647. The second-order valence-electron chi connectivity index (χ2n) is 5.01. The maximum Gasteiger partial charge on any atom is 0.119 e. The number of unbranched alkanes of at least 4 members (excludes halogenated alkanes) is 5. The maximum atomic E-state index is 5.73. The number of rotatable bonds is 10. The van der Waals surface area contributed by atoms with E-state index in [0.29, 0.717) is 0 Å². The summed E-state index contributed by atoms with van der Waals surface area (Å²) >= 11 is 0. The van der Waals surface area contributed by atoms with Crippen molar-refractivity contribution >= 4 is 0 Å². The van der Waals surface area contributed by atoms with Crippen LogP contribution in [-0.4, -0.2) is 6.61 Å². The molecule has 102 valence electrons. The van der Waals surface area contributed by atoms with Crippen molar-refractivity contribution in [1.82, 2.24) is 0 Å². The fourth-order valence-corrected chi connectivity index (χ4v) is 2.05. The van der Waals surface area contributed by atoms with Gasteiger partial charge in [-0.1, -0.05) is 58.1 Å². The summed E-state index contributed by atoms with van der Waals surface area (Å²) in [5.41, 5.74) is 1.43. The minimum atomic E-state index is 0.856. The molecule has 1 aromatic rings. The lowest BCUT2D eigenvalue weighted by molar-refractivity contribution is 0.305. The SMILES string of the molecule is CCCCCCOc1ccc(CCCCC)cc1. The first-order chi connectivity index (χ1) is 8.86. The molecule has 0 bridgehead atoms. The molecule has 0 saturated carbocycles. The van der Waals surface area contributed by atoms with Crippen molar-refractivity contribution in [2.24, 2.45) is 0 Å². The number of ether oxygens (including phenoxy) is 1. The van der Waals surface area contributed by atoms with Crippen LogP contribution in [0.25, 0.3) is 0 Å². The summed E-state index contributed by atoms with van der Waals surface area (Å²) in [5.74, 6) is 1.02. The lowest BCUT2D eigenvalue weighted by atomic mass is 10.1. The maximum absolute atomic E-state index is 5.73. The summed E-state index contributed by atoms with van der Waals surface area (Å²) in [4.78, 5) is 0. The zero-order valence-corrected chi connectivity index (χ0v) is 12.1. The Morgan fingerprint density at radius 2 is 1.44 bits per heavy atom. The molecule has 0 aliphatic heterocycles. The Hall–Kier alpha value is -0.980. The molecule has 0 N–H and O–H groups in total. The smallest absolute Gasteiger partial charge is 0.119 e. The normalized spacial score (nSPS) is 10.6. The van der Waals surface area contributed by atoms with E-state index in [-0.39, 0.29) is 0 Å². The second kappa shape index (κ2) is 9.99. The van der Waals surface area contributed by atoms with Crippen LogP contribution >= 0.6 is 0 Å². The quantitative estimate of drug-likeness (QED) is 0.505. The predicted octanol–water partition coefficient (Wildman–Crippen LogP) is 5.38. The van der Waals surface area contributed by atoms with E-state index in [0.717, 1.165) is 12.4 Å². The molecule has 0 aliphatic carbocycles. The van der Waals surface area contributed by atoms with Crippen LogP contribution in [-0.2, 0) is 6.42 Å². The molecular weight excluding hydrogens is 220 g/mol. The van der Waals surface area contributed by atoms with E-state index in [9.17, 15) is 0 Å². The highest BCUT2D eigenvalue weighted by Crippen LogP contribution is 2.15. The summed E-state index contributed by atoms with van der Waals surface area (Å²) in [5, 5.41) is 0. The van der Waals surface area contributed by atoms with E-state index >= 15 is 0 Å². The molecule has 0 heterocycles. The van der Waals surface area contributed by atoms with Gasteiger partial charge >= 0.3 is 0 Å². The second-order valence-corrected chi connectivity index (χ2v) is 5.01. The van der Waals surface area contributed by atoms with Crippen molar-refractivity contribution < 1.29 is 4.74 Å². The monoisotopic (exact) mass is 248 g/mol. The molecule has 1 aromatic carbocycles. The third kappa shape index (κ3) is 6.68. The molecule has 0 radical (unpaired) electrons. The first-order valence-corrected chi connectivity index (χ1v) is 7.58. The Kier molecular flexibility index (Phi) is 8.37. The van der Waals surface area contributed by atoms with Crippen LogP contribution in [0.4, 0.5) is 0 Å². The van der Waals surface area contributed by atoms with Crippen molar-refractivity contribution in [3.05, 3.63) is 29.8 Å². The first kappa shape index (κ1) is 15.1. The van der Waals surface area contributed by atoms with Gasteiger partial charge in [0.15, 0.2) is 0 Å². The molecule has 0 spiro atoms. The third-order valence-corrected chi connectivity index (χ3v) is 3.26. The molecule has 18 heavy (non-hydrogen) atoms. The van der Waals surface area contributed by atoms with Gasteiger partial charge < -0.3 is 4.74 Å². The topological polar surface area (TPSA) is 9.23 Å². The van der Waals surface area contributed by atoms with Gasteiger partial charge in [0.1, 0.15) is 5.75 Å². The third-order valence-electron chi connectivity index (χ3n) is 3.26. The van der Waals surface area contributed by atoms with Crippen LogP contribution in [0.3, 0.4) is 0 Å². The van der Waals surface area contributed by atoms with Crippen LogP contribution in [0.5, 0.6) is 5.75 Å². The largest absolute Gasteiger partial charge is 0.494 e. The van der Waals surface area contributed by atoms with Crippen molar-refractivity contribution in [1.29, 1.82) is 0 Å². The predicted molar refractivity (Wildman–Crippen MR) is 79.3 cm³/mol. The number of hydrogen-bond acceptors (Lipinski definition) is 1. The van der Waals surface area contributed by atoms with Gasteiger partial charge in [-0.2, -0.15) is 0 Å². The van der Waals surface area contributed by atoms with Crippen LogP contribution in [0.2, 0.25) is 0 Å². The summed E-state index contributed by atoms with van der Waals surface area (Å²) in [6, 6.07) is 8.64. The van der Waals surface area contributed by atoms with Gasteiger partial charge in [0, 0.05) is 0 Å². The molecule has 1 nitrogen and oxygen atoms in total. The van der Waals surface area contributed by atoms with Crippen LogP contribution in [0.1, 0.15) is 64.4 Å². The van der Waals surface area contributed by atoms with E-state index in [1.54, 1.807) is 0 Å². The highest BCUT2D eigenvalue weighted by atomic mass is 16.5. The van der Waals surface area contributed by atoms with Gasteiger partial charge in [-0.25, -0.2) is 0 Å². The Balaban J connectivity index is 2.19. The molecule has 0 unspecified atom stereocenters. The lowest BCUT2D eigenvalue weighted by Crippen LogP contribution is -1.97. The summed E-state index contributed by atoms with van der Waals surface area (Å²) in [7, 11) is 0. The first-order valence-electron chi connectivity index (χ1n) is 7.58. The standard InChI is InChI=1S/C17H28O/c1-3-5-7-9-15-18-17-13-11-16(12-14-17)10-8-6-4-2/h11-14H,3-10,15H2,1-2H3. The van der Waals surface area contributed by atoms with Gasteiger partial charge in [0.2, 0.25) is 0 Å². The lowest BCUT2D eigenvalue weighted by Gasteiger charge is -2.07. The van der Waals surface area contributed by atoms with E-state index < -0.39 is 0 Å². The summed E-state index contributed by atoms with van der Waals surface area (Å²) in [6.45, 7) is 5.34. The summed E-state index contributed by atoms with van der Waals surface area (Å²) in [6.07, 6.45) is 10.2. The summed E-state index contributed by atoms with van der Waals surface area (Å²) < 4.78 is 5.73. The number of aryl methyl sites for hydroxylation is 1. The van der Waals surface area contributed by atoms with E-state index in [4.69, 9.17) is 4.74 Å². The van der Waals surface area contributed by atoms with Gasteiger partial charge in [0.25, 0.3) is 0 Å². The van der Waals surface area contributed by atoms with Gasteiger partial charge in [-0.15, -0.1) is 0 Å². The van der Waals surface area contributed by atoms with Crippen LogP contribution in [0.15, 0.2) is 24.3 Å². The van der Waals surface area contributed by atoms with Gasteiger partial charge in [-0.3, -0.25) is 0 Å². The molecule has 0 fully saturated rings. The number of benzene rings is 1. The Morgan fingerprint density at radius 3 is 2.11 bits per heavy atom. The van der Waals surface area contributed by atoms with E-state index in [2.05, 4.69) is 38.1 Å². The number of hydrogen-bond donors (Lipinski definition) is 0. The zero-order valence-electron chi connectivity index (χ0n) is 12.1. The molecule has 0 amide bonds. The fourth-order valence-electron chi connectivity index (χ4n) is 2.05. The Morgan fingerprint density at radius 1 is 0.778 bits per heavy atom. The van der Waals surface area contributed by atoms with Crippen LogP contribution < -0.4 is 4.74 Å². The average molecular weight is 248 g/mol. The van der Waals surface area contributed by atoms with Crippen molar-refractivity contribution in [2.45, 2.75) is 65.2 Å². The van der Waals surface area contributed by atoms with Crippen molar-refractivity contribution in [3.8, 4) is 5.75 Å². The van der Waals surface area contributed by atoms with Crippen molar-refractivity contribution in [3.63, 3.8) is 0 Å². The molecule has 1 rings (SSSR count). The minimum absolute atomic E-state index is 0.856. The minimum Gasteiger partial charge on any atom is -0.494 e. The molecule has 0 saturated heterocycles. The molecule has 0 aromatic heterocycles.